The van der Waals surface area contributed by atoms with Crippen LogP contribution >= 0.6 is 0 Å². The molecule has 2 aromatic carbocycles. The summed E-state index contributed by atoms with van der Waals surface area (Å²) in [6.07, 6.45) is 8.44. The van der Waals surface area contributed by atoms with E-state index in [1.807, 2.05) is 38.1 Å². The van der Waals surface area contributed by atoms with Gasteiger partial charge in [-0.2, -0.15) is 0 Å². The molecule has 2 aromatic rings. The Morgan fingerprint density at radius 2 is 1.58 bits per heavy atom. The topological polar surface area (TPSA) is 0 Å². The molecule has 0 nitrogen and oxygen atoms in total. The number of alkyl halides is 1. The molecule has 1 saturated carbocycles. The standard InChI is InChI=1S/C12H14.C11H15F.C7H14/c1-3-10-5-7-12-9(2)4-6-11(12)8-10;1-4-11(3,12)10-7-5-9(2)6-8-10;1-6-4-3-5-7(6)2/h5,7-8H,2-4,6H2,1H3;5-8H,4H2,1-3H3;6-7H,3-5H2,1-2H3. The molecule has 0 saturated heterocycles. The molecule has 1 heteroatoms. The molecule has 2 aliphatic carbocycles. The lowest BCUT2D eigenvalue weighted by atomic mass is 9.95. The van der Waals surface area contributed by atoms with E-state index < -0.39 is 5.67 Å². The highest BCUT2D eigenvalue weighted by atomic mass is 19.1. The minimum atomic E-state index is -1.17. The lowest BCUT2D eigenvalue weighted by molar-refractivity contribution is 0.185. The molecule has 2 aliphatic rings. The summed E-state index contributed by atoms with van der Waals surface area (Å²) in [7, 11) is 0. The first kappa shape index (κ1) is 25.4. The van der Waals surface area contributed by atoms with Crippen LogP contribution in [0.15, 0.2) is 49.0 Å². The Balaban J connectivity index is 0.000000171. The van der Waals surface area contributed by atoms with Crippen molar-refractivity contribution in [3.63, 3.8) is 0 Å². The highest BCUT2D eigenvalue weighted by molar-refractivity contribution is 5.70. The normalized spacial score (nSPS) is 21.3. The van der Waals surface area contributed by atoms with Gasteiger partial charge < -0.3 is 0 Å². The number of hydrogen-bond acceptors (Lipinski definition) is 0. The van der Waals surface area contributed by atoms with Crippen molar-refractivity contribution in [3.05, 3.63) is 76.9 Å². The molecule has 170 valence electrons. The maximum atomic E-state index is 13.7. The minimum absolute atomic E-state index is 0.524. The van der Waals surface area contributed by atoms with E-state index in [1.54, 1.807) is 6.92 Å². The van der Waals surface area contributed by atoms with Crippen molar-refractivity contribution < 1.29 is 4.39 Å². The van der Waals surface area contributed by atoms with Gasteiger partial charge in [-0.3, -0.25) is 0 Å². The van der Waals surface area contributed by atoms with Gasteiger partial charge in [0.15, 0.2) is 0 Å². The van der Waals surface area contributed by atoms with E-state index in [0.29, 0.717) is 6.42 Å². The van der Waals surface area contributed by atoms with Crippen molar-refractivity contribution in [1.82, 2.24) is 0 Å². The maximum absolute atomic E-state index is 13.7. The summed E-state index contributed by atoms with van der Waals surface area (Å²) in [5.74, 6) is 2.03. The monoisotopic (exact) mass is 422 g/mol. The van der Waals surface area contributed by atoms with Crippen LogP contribution in [0, 0.1) is 18.8 Å². The highest BCUT2D eigenvalue weighted by Crippen LogP contribution is 2.31. The van der Waals surface area contributed by atoms with Gasteiger partial charge in [0.1, 0.15) is 5.67 Å². The summed E-state index contributed by atoms with van der Waals surface area (Å²) in [5, 5.41) is 0. The third-order valence-corrected chi connectivity index (χ3v) is 7.26. The van der Waals surface area contributed by atoms with Crippen LogP contribution in [0.2, 0.25) is 0 Å². The fraction of sp³-hybridized carbons (Fsp3) is 0.533. The summed E-state index contributed by atoms with van der Waals surface area (Å²) in [5.41, 5.74) is 6.43. The average Bonchev–Trinajstić information content (AvgIpc) is 3.33. The second-order valence-corrected chi connectivity index (χ2v) is 9.75. The number of allylic oxidation sites excluding steroid dienone is 1. The third-order valence-electron chi connectivity index (χ3n) is 7.26. The Labute approximate surface area is 191 Å². The summed E-state index contributed by atoms with van der Waals surface area (Å²) in [6, 6.07) is 14.4. The quantitative estimate of drug-likeness (QED) is 0.462. The molecule has 1 fully saturated rings. The molecule has 3 atom stereocenters. The van der Waals surface area contributed by atoms with Gasteiger partial charge in [0.25, 0.3) is 0 Å². The molecule has 0 aliphatic heterocycles. The van der Waals surface area contributed by atoms with Crippen molar-refractivity contribution >= 4 is 5.57 Å². The molecule has 31 heavy (non-hydrogen) atoms. The Kier molecular flexibility index (Phi) is 9.54. The SMILES string of the molecule is C=C1CCc2cc(CC)ccc21.CC1CCCC1C.CCC(C)(F)c1ccc(C)cc1. The van der Waals surface area contributed by atoms with Gasteiger partial charge in [-0.05, 0) is 79.2 Å². The van der Waals surface area contributed by atoms with E-state index in [9.17, 15) is 4.39 Å². The Bertz CT molecular complexity index is 820. The van der Waals surface area contributed by atoms with E-state index in [0.717, 1.165) is 30.2 Å². The van der Waals surface area contributed by atoms with Gasteiger partial charge in [-0.1, -0.05) is 102 Å². The van der Waals surface area contributed by atoms with Crippen molar-refractivity contribution in [2.24, 2.45) is 11.8 Å². The van der Waals surface area contributed by atoms with Crippen LogP contribution in [-0.4, -0.2) is 0 Å². The Morgan fingerprint density at radius 1 is 0.968 bits per heavy atom. The van der Waals surface area contributed by atoms with Crippen molar-refractivity contribution in [2.45, 2.75) is 92.2 Å². The second-order valence-electron chi connectivity index (χ2n) is 9.75. The fourth-order valence-corrected chi connectivity index (χ4v) is 4.27. The summed E-state index contributed by atoms with van der Waals surface area (Å²) >= 11 is 0. The molecule has 3 unspecified atom stereocenters. The van der Waals surface area contributed by atoms with Gasteiger partial charge >= 0.3 is 0 Å². The van der Waals surface area contributed by atoms with Gasteiger partial charge in [0.2, 0.25) is 0 Å². The van der Waals surface area contributed by atoms with E-state index in [-0.39, 0.29) is 0 Å². The Morgan fingerprint density at radius 3 is 2.06 bits per heavy atom. The lowest BCUT2D eigenvalue weighted by Gasteiger charge is -2.18. The molecule has 0 heterocycles. The number of hydrogen-bond donors (Lipinski definition) is 0. The van der Waals surface area contributed by atoms with Crippen molar-refractivity contribution in [2.75, 3.05) is 0 Å². The van der Waals surface area contributed by atoms with Crippen LogP contribution in [0.5, 0.6) is 0 Å². The average molecular weight is 423 g/mol. The zero-order chi connectivity index (χ0) is 23.0. The third kappa shape index (κ3) is 7.34. The van der Waals surface area contributed by atoms with Gasteiger partial charge in [-0.15, -0.1) is 0 Å². The van der Waals surface area contributed by atoms with Crippen LogP contribution in [0.4, 0.5) is 4.39 Å². The predicted octanol–water partition coefficient (Wildman–Crippen LogP) is 9.24. The number of aryl methyl sites for hydroxylation is 3. The Hall–Kier alpha value is -1.89. The molecule has 0 N–H and O–H groups in total. The summed E-state index contributed by atoms with van der Waals surface area (Å²) in [6.45, 7) is 16.5. The summed E-state index contributed by atoms with van der Waals surface area (Å²) in [4.78, 5) is 0. The molecule has 0 spiro atoms. The molecule has 0 amide bonds. The highest BCUT2D eigenvalue weighted by Gasteiger charge is 2.22. The van der Waals surface area contributed by atoms with Gasteiger partial charge in [0, 0.05) is 0 Å². The van der Waals surface area contributed by atoms with Gasteiger partial charge in [0.05, 0.1) is 0 Å². The molecule has 4 rings (SSSR count). The first-order chi connectivity index (χ1) is 14.7. The number of benzene rings is 2. The van der Waals surface area contributed by atoms with Crippen LogP contribution in [0.1, 0.15) is 94.5 Å². The first-order valence-electron chi connectivity index (χ1n) is 12.2. The van der Waals surface area contributed by atoms with Crippen LogP contribution in [0.3, 0.4) is 0 Å². The van der Waals surface area contributed by atoms with E-state index in [1.165, 1.54) is 53.5 Å². The van der Waals surface area contributed by atoms with Crippen LogP contribution < -0.4 is 0 Å². The van der Waals surface area contributed by atoms with Crippen LogP contribution in [0.25, 0.3) is 5.57 Å². The van der Waals surface area contributed by atoms with Crippen molar-refractivity contribution in [1.29, 1.82) is 0 Å². The first-order valence-corrected chi connectivity index (χ1v) is 12.2. The molecule has 0 bridgehead atoms. The van der Waals surface area contributed by atoms with Crippen LogP contribution in [-0.2, 0) is 18.5 Å². The number of rotatable bonds is 3. The predicted molar refractivity (Wildman–Crippen MR) is 135 cm³/mol. The maximum Gasteiger partial charge on any atom is 0.133 e. The van der Waals surface area contributed by atoms with E-state index in [2.05, 4.69) is 45.5 Å². The van der Waals surface area contributed by atoms with E-state index >= 15 is 0 Å². The van der Waals surface area contributed by atoms with Gasteiger partial charge in [-0.25, -0.2) is 4.39 Å². The smallest absolute Gasteiger partial charge is 0.133 e. The molecular formula is C30H43F. The molecular weight excluding hydrogens is 379 g/mol. The largest absolute Gasteiger partial charge is 0.239 e. The second kappa shape index (κ2) is 11.7. The van der Waals surface area contributed by atoms with Crippen molar-refractivity contribution in [3.8, 4) is 0 Å². The van der Waals surface area contributed by atoms with E-state index in [4.69, 9.17) is 0 Å². The minimum Gasteiger partial charge on any atom is -0.239 e. The zero-order valence-corrected chi connectivity index (χ0v) is 20.7. The number of halogens is 1. The molecule has 0 radical (unpaired) electrons. The number of fused-ring (bicyclic) bond motifs is 1. The lowest BCUT2D eigenvalue weighted by Crippen LogP contribution is -2.12. The zero-order valence-electron chi connectivity index (χ0n) is 20.7. The summed E-state index contributed by atoms with van der Waals surface area (Å²) < 4.78 is 13.7. The molecule has 0 aromatic heterocycles. The fourth-order valence-electron chi connectivity index (χ4n) is 4.27.